The minimum atomic E-state index is 0.0502. The lowest BCUT2D eigenvalue weighted by molar-refractivity contribution is 0.104. The molecule has 90 valence electrons. The standard InChI is InChI=1S/C16H14OS/c1-3-7-12(8-4-2)16(17)15-11-13-9-5-6-10-14(13)18-15/h3-11H,1H2,2H3/b8-4-,12-7+. The molecule has 2 aromatic rings. The Hall–Kier alpha value is -1.93. The summed E-state index contributed by atoms with van der Waals surface area (Å²) in [5, 5.41) is 1.12. The number of fused-ring (bicyclic) bond motifs is 1. The van der Waals surface area contributed by atoms with Gasteiger partial charge in [0.25, 0.3) is 0 Å². The van der Waals surface area contributed by atoms with Gasteiger partial charge in [-0.1, -0.05) is 49.1 Å². The quantitative estimate of drug-likeness (QED) is 0.436. The molecule has 0 atom stereocenters. The zero-order valence-corrected chi connectivity index (χ0v) is 11.0. The number of rotatable bonds is 4. The minimum absolute atomic E-state index is 0.0502. The van der Waals surface area contributed by atoms with E-state index in [1.807, 2.05) is 49.4 Å². The number of carbonyl (C=O) groups excluding carboxylic acids is 1. The molecule has 0 saturated carbocycles. The van der Waals surface area contributed by atoms with Gasteiger partial charge in [0.1, 0.15) is 0 Å². The predicted molar refractivity (Wildman–Crippen MR) is 79.2 cm³/mol. The van der Waals surface area contributed by atoms with Gasteiger partial charge in [0.05, 0.1) is 4.88 Å². The number of hydrogen-bond donors (Lipinski definition) is 0. The van der Waals surface area contributed by atoms with E-state index in [2.05, 4.69) is 6.58 Å². The van der Waals surface area contributed by atoms with Crippen molar-refractivity contribution in [2.75, 3.05) is 0 Å². The van der Waals surface area contributed by atoms with Crippen molar-refractivity contribution in [1.29, 1.82) is 0 Å². The Morgan fingerprint density at radius 2 is 2.11 bits per heavy atom. The number of thiophene rings is 1. The largest absolute Gasteiger partial charge is 0.288 e. The van der Waals surface area contributed by atoms with Crippen LogP contribution < -0.4 is 0 Å². The Kier molecular flexibility index (Phi) is 3.90. The molecule has 18 heavy (non-hydrogen) atoms. The summed E-state index contributed by atoms with van der Waals surface area (Å²) in [5.41, 5.74) is 0.666. The number of Topliss-reactive ketones (excluding diaryl/α,β-unsaturated/α-hetero) is 1. The molecule has 2 rings (SSSR count). The molecular weight excluding hydrogens is 240 g/mol. The molecule has 0 bridgehead atoms. The molecule has 0 aliphatic carbocycles. The van der Waals surface area contributed by atoms with E-state index in [9.17, 15) is 4.79 Å². The number of ketones is 1. The van der Waals surface area contributed by atoms with Crippen molar-refractivity contribution in [3.8, 4) is 0 Å². The first-order chi connectivity index (χ1) is 8.76. The SMILES string of the molecule is C=C/C=C(\C=C/C)C(=O)c1cc2ccccc2s1. The van der Waals surface area contributed by atoms with Crippen molar-refractivity contribution in [3.05, 3.63) is 71.7 Å². The van der Waals surface area contributed by atoms with Crippen LogP contribution in [0.15, 0.2) is 66.8 Å². The van der Waals surface area contributed by atoms with Crippen molar-refractivity contribution in [1.82, 2.24) is 0 Å². The molecule has 1 heterocycles. The van der Waals surface area contributed by atoms with Crippen LogP contribution in [-0.4, -0.2) is 5.78 Å². The molecule has 0 spiro atoms. The van der Waals surface area contributed by atoms with Crippen LogP contribution in [0.5, 0.6) is 0 Å². The van der Waals surface area contributed by atoms with Crippen molar-refractivity contribution in [2.24, 2.45) is 0 Å². The Bertz CT molecular complexity index is 611. The molecule has 0 N–H and O–H groups in total. The molecule has 1 aromatic carbocycles. The number of allylic oxidation sites excluding steroid dienone is 5. The molecule has 1 nitrogen and oxygen atoms in total. The van der Waals surface area contributed by atoms with Gasteiger partial charge in [-0.3, -0.25) is 4.79 Å². The van der Waals surface area contributed by atoms with Crippen LogP contribution in [0, 0.1) is 0 Å². The van der Waals surface area contributed by atoms with Crippen molar-refractivity contribution in [2.45, 2.75) is 6.92 Å². The zero-order valence-electron chi connectivity index (χ0n) is 10.2. The van der Waals surface area contributed by atoms with Crippen LogP contribution in [0.4, 0.5) is 0 Å². The highest BCUT2D eigenvalue weighted by atomic mass is 32.1. The van der Waals surface area contributed by atoms with Gasteiger partial charge in [0.2, 0.25) is 5.78 Å². The average molecular weight is 254 g/mol. The van der Waals surface area contributed by atoms with Crippen molar-refractivity contribution in [3.63, 3.8) is 0 Å². The fraction of sp³-hybridized carbons (Fsp3) is 0.0625. The van der Waals surface area contributed by atoms with Crippen LogP contribution in [0.2, 0.25) is 0 Å². The van der Waals surface area contributed by atoms with Crippen LogP contribution in [0.1, 0.15) is 16.6 Å². The first-order valence-electron chi connectivity index (χ1n) is 5.75. The van der Waals surface area contributed by atoms with E-state index < -0.39 is 0 Å². The molecule has 0 amide bonds. The van der Waals surface area contributed by atoms with Gasteiger partial charge in [-0.15, -0.1) is 11.3 Å². The van der Waals surface area contributed by atoms with Gasteiger partial charge in [-0.05, 0) is 24.4 Å². The lowest BCUT2D eigenvalue weighted by Gasteiger charge is -1.96. The lowest BCUT2D eigenvalue weighted by Crippen LogP contribution is -1.98. The fourth-order valence-corrected chi connectivity index (χ4v) is 2.77. The summed E-state index contributed by atoms with van der Waals surface area (Å²) >= 11 is 1.53. The Morgan fingerprint density at radius 3 is 2.78 bits per heavy atom. The summed E-state index contributed by atoms with van der Waals surface area (Å²) in [6.07, 6.45) is 7.06. The Balaban J connectivity index is 2.44. The van der Waals surface area contributed by atoms with E-state index in [0.29, 0.717) is 5.57 Å². The minimum Gasteiger partial charge on any atom is -0.288 e. The summed E-state index contributed by atoms with van der Waals surface area (Å²) in [7, 11) is 0. The molecule has 0 saturated heterocycles. The van der Waals surface area contributed by atoms with Gasteiger partial charge < -0.3 is 0 Å². The molecule has 1 aromatic heterocycles. The zero-order chi connectivity index (χ0) is 13.0. The number of carbonyl (C=O) groups is 1. The third kappa shape index (κ3) is 2.49. The van der Waals surface area contributed by atoms with Gasteiger partial charge >= 0.3 is 0 Å². The summed E-state index contributed by atoms with van der Waals surface area (Å²) < 4.78 is 1.14. The van der Waals surface area contributed by atoms with Crippen LogP contribution >= 0.6 is 11.3 Å². The highest BCUT2D eigenvalue weighted by Crippen LogP contribution is 2.27. The molecule has 0 aliphatic heterocycles. The van der Waals surface area contributed by atoms with Crippen LogP contribution in [-0.2, 0) is 0 Å². The number of hydrogen-bond acceptors (Lipinski definition) is 2. The summed E-state index contributed by atoms with van der Waals surface area (Å²) in [4.78, 5) is 13.1. The molecule has 0 radical (unpaired) electrons. The summed E-state index contributed by atoms with van der Waals surface area (Å²) in [5.74, 6) is 0.0502. The van der Waals surface area contributed by atoms with Gasteiger partial charge in [-0.25, -0.2) is 0 Å². The third-order valence-electron chi connectivity index (χ3n) is 2.56. The summed E-state index contributed by atoms with van der Waals surface area (Å²) in [6, 6.07) is 9.97. The lowest BCUT2D eigenvalue weighted by atomic mass is 10.1. The van der Waals surface area contributed by atoms with E-state index >= 15 is 0 Å². The number of benzene rings is 1. The maximum Gasteiger partial charge on any atom is 0.202 e. The molecule has 0 fully saturated rings. The molecule has 0 unspecified atom stereocenters. The van der Waals surface area contributed by atoms with Gasteiger partial charge in [-0.2, -0.15) is 0 Å². The van der Waals surface area contributed by atoms with Crippen molar-refractivity contribution >= 4 is 27.2 Å². The van der Waals surface area contributed by atoms with E-state index in [1.165, 1.54) is 11.3 Å². The van der Waals surface area contributed by atoms with Gasteiger partial charge in [0, 0.05) is 10.3 Å². The second kappa shape index (κ2) is 5.61. The second-order valence-corrected chi connectivity index (χ2v) is 4.92. The predicted octanol–water partition coefficient (Wildman–Crippen LogP) is 4.77. The Morgan fingerprint density at radius 1 is 1.33 bits per heavy atom. The Labute approximate surface area is 111 Å². The van der Waals surface area contributed by atoms with Gasteiger partial charge in [0.15, 0.2) is 0 Å². The van der Waals surface area contributed by atoms with Crippen LogP contribution in [0.25, 0.3) is 10.1 Å². The van der Waals surface area contributed by atoms with E-state index in [0.717, 1.165) is 15.0 Å². The molecule has 2 heteroatoms. The first-order valence-corrected chi connectivity index (χ1v) is 6.56. The van der Waals surface area contributed by atoms with Crippen molar-refractivity contribution < 1.29 is 4.79 Å². The fourth-order valence-electron chi connectivity index (χ4n) is 1.75. The van der Waals surface area contributed by atoms with E-state index in [1.54, 1.807) is 12.2 Å². The van der Waals surface area contributed by atoms with E-state index in [-0.39, 0.29) is 5.78 Å². The topological polar surface area (TPSA) is 17.1 Å². The second-order valence-electron chi connectivity index (χ2n) is 3.84. The smallest absolute Gasteiger partial charge is 0.202 e. The highest BCUT2D eigenvalue weighted by molar-refractivity contribution is 7.21. The average Bonchev–Trinajstić information content (AvgIpc) is 2.81. The monoisotopic (exact) mass is 254 g/mol. The summed E-state index contributed by atoms with van der Waals surface area (Å²) in [6.45, 7) is 5.54. The first kappa shape index (κ1) is 12.5. The maximum absolute atomic E-state index is 12.3. The van der Waals surface area contributed by atoms with E-state index in [4.69, 9.17) is 0 Å². The van der Waals surface area contributed by atoms with Crippen LogP contribution in [0.3, 0.4) is 0 Å². The molecule has 0 aliphatic rings. The highest BCUT2D eigenvalue weighted by Gasteiger charge is 2.12. The third-order valence-corrected chi connectivity index (χ3v) is 3.67. The maximum atomic E-state index is 12.3. The normalized spacial score (nSPS) is 12.2. The molecular formula is C16H14OS.